The van der Waals surface area contributed by atoms with Gasteiger partial charge in [0.25, 0.3) is 0 Å². The van der Waals surface area contributed by atoms with Crippen LogP contribution >= 0.6 is 0 Å². The molecule has 1 heterocycles. The highest BCUT2D eigenvalue weighted by molar-refractivity contribution is 5.90. The third kappa shape index (κ3) is 4.78. The smallest absolute Gasteiger partial charge is 0.242 e. The fraction of sp³-hybridized carbons (Fsp3) is 0.450. The highest BCUT2D eigenvalue weighted by Crippen LogP contribution is 2.22. The number of hydrogen-bond donors (Lipinski definition) is 2. The van der Waals surface area contributed by atoms with Gasteiger partial charge in [-0.2, -0.15) is 0 Å². The number of carbonyl (C=O) groups excluding carboxylic acids is 2. The summed E-state index contributed by atoms with van der Waals surface area (Å²) in [6.07, 6.45) is 0.211. The molecule has 2 N–H and O–H groups in total. The van der Waals surface area contributed by atoms with E-state index in [-0.39, 0.29) is 23.8 Å². The Kier molecular flexibility index (Phi) is 5.45. The van der Waals surface area contributed by atoms with E-state index in [0.717, 1.165) is 27.7 Å². The maximum atomic E-state index is 12.4. The Morgan fingerprint density at radius 1 is 1.16 bits per heavy atom. The summed E-state index contributed by atoms with van der Waals surface area (Å²) in [4.78, 5) is 29.1. The summed E-state index contributed by atoms with van der Waals surface area (Å²) >= 11 is 0. The van der Waals surface area contributed by atoms with Crippen molar-refractivity contribution in [3.05, 3.63) is 41.1 Å². The van der Waals surface area contributed by atoms with Crippen molar-refractivity contribution < 1.29 is 9.59 Å². The monoisotopic (exact) mass is 341 g/mol. The lowest BCUT2D eigenvalue weighted by Crippen LogP contribution is -2.51. The first-order chi connectivity index (χ1) is 11.6. The Bertz CT molecular complexity index is 806. The lowest BCUT2D eigenvalue weighted by atomic mass is 9.99. The predicted molar refractivity (Wildman–Crippen MR) is 100 cm³/mol. The van der Waals surface area contributed by atoms with Gasteiger partial charge in [0, 0.05) is 16.6 Å². The number of aromatic nitrogens is 1. The summed E-state index contributed by atoms with van der Waals surface area (Å²) in [5, 5.41) is 6.69. The Labute approximate surface area is 149 Å². The van der Waals surface area contributed by atoms with Gasteiger partial charge >= 0.3 is 0 Å². The van der Waals surface area contributed by atoms with Gasteiger partial charge in [0.05, 0.1) is 11.9 Å². The molecule has 0 bridgehead atoms. The topological polar surface area (TPSA) is 71.1 Å². The molecule has 2 aromatic rings. The van der Waals surface area contributed by atoms with E-state index in [0.29, 0.717) is 0 Å². The lowest BCUT2D eigenvalue weighted by Gasteiger charge is -2.23. The molecule has 1 atom stereocenters. The first-order valence-corrected chi connectivity index (χ1v) is 8.54. The third-order valence-electron chi connectivity index (χ3n) is 4.09. The van der Waals surface area contributed by atoms with Crippen molar-refractivity contribution in [1.29, 1.82) is 0 Å². The van der Waals surface area contributed by atoms with Crippen LogP contribution in [0.5, 0.6) is 0 Å². The van der Waals surface area contributed by atoms with Crippen LogP contribution in [0.4, 0.5) is 0 Å². The Morgan fingerprint density at radius 2 is 1.80 bits per heavy atom. The van der Waals surface area contributed by atoms with E-state index in [1.807, 2.05) is 58.9 Å². The summed E-state index contributed by atoms with van der Waals surface area (Å²) in [5.74, 6) is -0.370. The Morgan fingerprint density at radius 3 is 2.44 bits per heavy atom. The summed E-state index contributed by atoms with van der Waals surface area (Å²) in [6, 6.07) is 7.32. The number of nitrogens with one attached hydrogen (secondary N) is 2. The highest BCUT2D eigenvalue weighted by Gasteiger charge is 2.21. The zero-order chi connectivity index (χ0) is 18.8. The van der Waals surface area contributed by atoms with E-state index < -0.39 is 6.04 Å². The van der Waals surface area contributed by atoms with Gasteiger partial charge in [0.2, 0.25) is 11.8 Å². The van der Waals surface area contributed by atoms with Crippen LogP contribution < -0.4 is 10.6 Å². The molecule has 5 nitrogen and oxygen atoms in total. The van der Waals surface area contributed by atoms with Crippen molar-refractivity contribution in [2.75, 3.05) is 0 Å². The number of pyridine rings is 1. The third-order valence-corrected chi connectivity index (χ3v) is 4.09. The molecule has 1 aromatic carbocycles. The predicted octanol–water partition coefficient (Wildman–Crippen LogP) is 2.81. The fourth-order valence-electron chi connectivity index (χ4n) is 2.83. The number of aryl methyl sites for hydroxylation is 2. The summed E-state index contributed by atoms with van der Waals surface area (Å²) in [5.41, 5.74) is 3.42. The summed E-state index contributed by atoms with van der Waals surface area (Å²) in [7, 11) is 0. The molecule has 0 saturated heterocycles. The van der Waals surface area contributed by atoms with Gasteiger partial charge in [-0.1, -0.05) is 18.2 Å². The second kappa shape index (κ2) is 7.21. The molecule has 134 valence electrons. The number of para-hydroxylation sites is 1. The van der Waals surface area contributed by atoms with E-state index in [1.54, 1.807) is 6.92 Å². The molecule has 0 radical (unpaired) electrons. The minimum Gasteiger partial charge on any atom is -0.350 e. The standard InChI is InChI=1S/C20H27N3O2/c1-12-15-9-7-8-10-17(15)21-13(2)16(12)11-18(24)22-14(3)19(25)23-20(4,5)6/h7-10,14H,11H2,1-6H3,(H,22,24)(H,23,25). The van der Waals surface area contributed by atoms with Crippen LogP contribution in [0.3, 0.4) is 0 Å². The van der Waals surface area contributed by atoms with Crippen molar-refractivity contribution in [2.45, 2.75) is 59.5 Å². The molecule has 0 spiro atoms. The van der Waals surface area contributed by atoms with E-state index in [1.165, 1.54) is 0 Å². The minimum absolute atomic E-state index is 0.181. The van der Waals surface area contributed by atoms with Gasteiger partial charge < -0.3 is 10.6 Å². The van der Waals surface area contributed by atoms with Crippen LogP contribution in [-0.2, 0) is 16.0 Å². The molecule has 0 saturated carbocycles. The summed E-state index contributed by atoms with van der Waals surface area (Å²) < 4.78 is 0. The van der Waals surface area contributed by atoms with Crippen LogP contribution in [0.25, 0.3) is 10.9 Å². The van der Waals surface area contributed by atoms with Crippen molar-refractivity contribution in [2.24, 2.45) is 0 Å². The maximum Gasteiger partial charge on any atom is 0.242 e. The quantitative estimate of drug-likeness (QED) is 0.898. The van der Waals surface area contributed by atoms with Crippen LogP contribution in [0.15, 0.2) is 24.3 Å². The SMILES string of the molecule is Cc1nc2ccccc2c(C)c1CC(=O)NC(C)C(=O)NC(C)(C)C. The second-order valence-electron chi connectivity index (χ2n) is 7.52. The zero-order valence-electron chi connectivity index (χ0n) is 15.9. The number of carbonyl (C=O) groups is 2. The van der Waals surface area contributed by atoms with Gasteiger partial charge in [-0.25, -0.2) is 0 Å². The number of amides is 2. The van der Waals surface area contributed by atoms with Gasteiger partial charge in [0.15, 0.2) is 0 Å². The number of fused-ring (bicyclic) bond motifs is 1. The Hall–Kier alpha value is -2.43. The molecule has 0 aliphatic heterocycles. The van der Waals surface area contributed by atoms with Crippen LogP contribution in [0.1, 0.15) is 44.5 Å². The molecule has 0 aliphatic carbocycles. The van der Waals surface area contributed by atoms with Gasteiger partial charge in [0.1, 0.15) is 6.04 Å². The molecule has 2 amide bonds. The first kappa shape index (κ1) is 18.9. The van der Waals surface area contributed by atoms with Gasteiger partial charge in [-0.05, 0) is 58.7 Å². The Balaban J connectivity index is 2.13. The largest absolute Gasteiger partial charge is 0.350 e. The van der Waals surface area contributed by atoms with Crippen molar-refractivity contribution in [3.63, 3.8) is 0 Å². The maximum absolute atomic E-state index is 12.4. The van der Waals surface area contributed by atoms with Crippen molar-refractivity contribution in [3.8, 4) is 0 Å². The van der Waals surface area contributed by atoms with E-state index in [9.17, 15) is 9.59 Å². The average Bonchev–Trinajstić information content (AvgIpc) is 2.49. The first-order valence-electron chi connectivity index (χ1n) is 8.54. The molecule has 2 rings (SSSR count). The number of rotatable bonds is 4. The van der Waals surface area contributed by atoms with Crippen LogP contribution in [0.2, 0.25) is 0 Å². The fourth-order valence-corrected chi connectivity index (χ4v) is 2.83. The van der Waals surface area contributed by atoms with Crippen LogP contribution in [0, 0.1) is 13.8 Å². The molecule has 0 fully saturated rings. The van der Waals surface area contributed by atoms with E-state index in [4.69, 9.17) is 0 Å². The molecule has 1 aromatic heterocycles. The number of hydrogen-bond acceptors (Lipinski definition) is 3. The van der Waals surface area contributed by atoms with Gasteiger partial charge in [-0.15, -0.1) is 0 Å². The molecule has 25 heavy (non-hydrogen) atoms. The lowest BCUT2D eigenvalue weighted by molar-refractivity contribution is -0.129. The number of nitrogens with zero attached hydrogens (tertiary/aromatic N) is 1. The molecule has 0 aliphatic rings. The minimum atomic E-state index is -0.583. The number of benzene rings is 1. The van der Waals surface area contributed by atoms with Crippen molar-refractivity contribution in [1.82, 2.24) is 15.6 Å². The van der Waals surface area contributed by atoms with Crippen molar-refractivity contribution >= 4 is 22.7 Å². The summed E-state index contributed by atoms with van der Waals surface area (Å²) in [6.45, 7) is 11.3. The molecule has 5 heteroatoms. The molecule has 1 unspecified atom stereocenters. The van der Waals surface area contributed by atoms with E-state index in [2.05, 4.69) is 15.6 Å². The van der Waals surface area contributed by atoms with E-state index >= 15 is 0 Å². The zero-order valence-corrected chi connectivity index (χ0v) is 15.9. The second-order valence-corrected chi connectivity index (χ2v) is 7.52. The van der Waals surface area contributed by atoms with Gasteiger partial charge in [-0.3, -0.25) is 14.6 Å². The highest BCUT2D eigenvalue weighted by atomic mass is 16.2. The molecular weight excluding hydrogens is 314 g/mol. The normalized spacial score (nSPS) is 12.7. The molecular formula is C20H27N3O2. The average molecular weight is 341 g/mol. The van der Waals surface area contributed by atoms with Crippen LogP contribution in [-0.4, -0.2) is 28.4 Å².